The molecule has 1 saturated heterocycles. The zero-order valence-corrected chi connectivity index (χ0v) is 18.1. The number of nitrogens with zero attached hydrogens (tertiary/aromatic N) is 5. The maximum absolute atomic E-state index is 12.6. The first kappa shape index (κ1) is 21.0. The van der Waals surface area contributed by atoms with Crippen LogP contribution in [0, 0.1) is 5.92 Å². The number of aromatic nitrogens is 3. The molecule has 2 aromatic carbocycles. The van der Waals surface area contributed by atoms with E-state index >= 15 is 0 Å². The van der Waals surface area contributed by atoms with Gasteiger partial charge in [-0.05, 0) is 61.0 Å². The highest BCUT2D eigenvalue weighted by Crippen LogP contribution is 2.23. The Morgan fingerprint density at radius 2 is 1.45 bits per heavy atom. The number of piperazine rings is 1. The number of hydrogen-bond donors (Lipinski definition) is 1. The molecular formula is C23H30N6O2. The van der Waals surface area contributed by atoms with Crippen molar-refractivity contribution in [2.45, 2.75) is 13.5 Å². The maximum atomic E-state index is 12.6. The van der Waals surface area contributed by atoms with Gasteiger partial charge in [-0.2, -0.15) is 5.10 Å². The molecule has 1 aromatic heterocycles. The molecule has 0 aliphatic carbocycles. The highest BCUT2D eigenvalue weighted by Gasteiger charge is 2.18. The Balaban J connectivity index is 1.39. The first-order valence-electron chi connectivity index (χ1n) is 10.7. The Kier molecular flexibility index (Phi) is 6.27. The molecule has 2 N–H and O–H groups in total. The minimum atomic E-state index is -0.138. The molecule has 0 spiro atoms. The average molecular weight is 423 g/mol. The van der Waals surface area contributed by atoms with Gasteiger partial charge in [0, 0.05) is 37.6 Å². The molecule has 0 amide bonds. The fourth-order valence-electron chi connectivity index (χ4n) is 3.85. The Labute approximate surface area is 182 Å². The number of ether oxygens (including phenoxy) is 1. The standard InChI is InChI=1S/C23H30N6O2/c1-18(15-24)16-29-23(30)28(17-25-29)21-5-3-19(4-6-21)26-11-13-27(14-12-26)20-7-9-22(31-2)10-8-20/h3-10,17-18H,11-16,24H2,1-2H3/t18-/m0/s1. The van der Waals surface area contributed by atoms with Gasteiger partial charge in [0.1, 0.15) is 12.1 Å². The van der Waals surface area contributed by atoms with Crippen molar-refractivity contribution in [1.29, 1.82) is 0 Å². The Morgan fingerprint density at radius 1 is 0.935 bits per heavy atom. The van der Waals surface area contributed by atoms with E-state index in [1.165, 1.54) is 10.4 Å². The molecule has 1 atom stereocenters. The van der Waals surface area contributed by atoms with Crippen molar-refractivity contribution in [2.24, 2.45) is 11.7 Å². The summed E-state index contributed by atoms with van der Waals surface area (Å²) in [5.41, 5.74) is 8.73. The van der Waals surface area contributed by atoms with Crippen LogP contribution in [0.25, 0.3) is 5.69 Å². The summed E-state index contributed by atoms with van der Waals surface area (Å²) in [7, 11) is 1.68. The summed E-state index contributed by atoms with van der Waals surface area (Å²) in [4.78, 5) is 17.4. The molecule has 0 saturated carbocycles. The Bertz CT molecular complexity index is 1030. The molecule has 31 heavy (non-hydrogen) atoms. The van der Waals surface area contributed by atoms with E-state index in [2.05, 4.69) is 39.2 Å². The fourth-order valence-corrected chi connectivity index (χ4v) is 3.85. The van der Waals surface area contributed by atoms with E-state index < -0.39 is 0 Å². The van der Waals surface area contributed by atoms with Crippen LogP contribution in [-0.2, 0) is 6.54 Å². The summed E-state index contributed by atoms with van der Waals surface area (Å²) >= 11 is 0. The van der Waals surface area contributed by atoms with Crippen LogP contribution in [-0.4, -0.2) is 54.2 Å². The highest BCUT2D eigenvalue weighted by molar-refractivity contribution is 5.54. The van der Waals surface area contributed by atoms with Gasteiger partial charge in [-0.1, -0.05) is 6.92 Å². The summed E-state index contributed by atoms with van der Waals surface area (Å²) in [6, 6.07) is 16.3. The molecule has 164 valence electrons. The van der Waals surface area contributed by atoms with E-state index in [-0.39, 0.29) is 11.6 Å². The molecule has 2 heterocycles. The van der Waals surface area contributed by atoms with Gasteiger partial charge in [0.25, 0.3) is 0 Å². The minimum absolute atomic E-state index is 0.138. The second kappa shape index (κ2) is 9.26. The van der Waals surface area contributed by atoms with Crippen LogP contribution < -0.4 is 26.0 Å². The van der Waals surface area contributed by atoms with Gasteiger partial charge in [0.15, 0.2) is 0 Å². The SMILES string of the molecule is COc1ccc(N2CCN(c3ccc(-n4cnn(C[C@@H](C)CN)c4=O)cc3)CC2)cc1. The summed E-state index contributed by atoms with van der Waals surface area (Å²) in [5, 5.41) is 4.23. The lowest BCUT2D eigenvalue weighted by atomic mass is 10.2. The van der Waals surface area contributed by atoms with Crippen LogP contribution in [0.5, 0.6) is 5.75 Å². The summed E-state index contributed by atoms with van der Waals surface area (Å²) in [6.45, 7) is 6.87. The van der Waals surface area contributed by atoms with Crippen molar-refractivity contribution >= 4 is 11.4 Å². The zero-order chi connectivity index (χ0) is 21.8. The lowest BCUT2D eigenvalue weighted by molar-refractivity contribution is 0.415. The molecule has 3 aromatic rings. The zero-order valence-electron chi connectivity index (χ0n) is 18.1. The van der Waals surface area contributed by atoms with Gasteiger partial charge in [0.2, 0.25) is 0 Å². The molecule has 0 radical (unpaired) electrons. The predicted octanol–water partition coefficient (Wildman–Crippen LogP) is 1.96. The quantitative estimate of drug-likeness (QED) is 0.627. The van der Waals surface area contributed by atoms with Crippen molar-refractivity contribution in [3.05, 3.63) is 65.3 Å². The van der Waals surface area contributed by atoms with Gasteiger partial charge in [0.05, 0.1) is 19.3 Å². The van der Waals surface area contributed by atoms with Crippen LogP contribution in [0.3, 0.4) is 0 Å². The Hall–Kier alpha value is -3.26. The van der Waals surface area contributed by atoms with Crippen LogP contribution in [0.2, 0.25) is 0 Å². The number of anilines is 2. The highest BCUT2D eigenvalue weighted by atomic mass is 16.5. The van der Waals surface area contributed by atoms with E-state index in [0.29, 0.717) is 13.1 Å². The third-order valence-electron chi connectivity index (χ3n) is 5.83. The van der Waals surface area contributed by atoms with Crippen molar-refractivity contribution in [3.8, 4) is 11.4 Å². The van der Waals surface area contributed by atoms with Crippen molar-refractivity contribution in [2.75, 3.05) is 49.6 Å². The second-order valence-electron chi connectivity index (χ2n) is 8.00. The number of methoxy groups -OCH3 is 1. The smallest absolute Gasteiger partial charge is 0.350 e. The van der Waals surface area contributed by atoms with Crippen molar-refractivity contribution < 1.29 is 4.74 Å². The van der Waals surface area contributed by atoms with Gasteiger partial charge in [-0.25, -0.2) is 14.0 Å². The van der Waals surface area contributed by atoms with E-state index in [4.69, 9.17) is 10.5 Å². The molecular weight excluding hydrogens is 392 g/mol. The van der Waals surface area contributed by atoms with E-state index in [1.54, 1.807) is 18.0 Å². The molecule has 1 aliphatic heterocycles. The molecule has 1 aliphatic rings. The molecule has 0 unspecified atom stereocenters. The van der Waals surface area contributed by atoms with E-state index in [1.807, 2.05) is 31.2 Å². The summed E-state index contributed by atoms with van der Waals surface area (Å²) < 4.78 is 8.30. The maximum Gasteiger partial charge on any atom is 0.350 e. The van der Waals surface area contributed by atoms with E-state index in [9.17, 15) is 4.79 Å². The van der Waals surface area contributed by atoms with Crippen LogP contribution in [0.15, 0.2) is 59.7 Å². The lowest BCUT2D eigenvalue weighted by Gasteiger charge is -2.37. The topological polar surface area (TPSA) is 81.6 Å². The average Bonchev–Trinajstić information content (AvgIpc) is 3.19. The fraction of sp³-hybridized carbons (Fsp3) is 0.391. The normalized spacial score (nSPS) is 15.2. The number of hydrogen-bond acceptors (Lipinski definition) is 6. The Morgan fingerprint density at radius 3 is 1.97 bits per heavy atom. The van der Waals surface area contributed by atoms with Crippen LogP contribution >= 0.6 is 0 Å². The third-order valence-corrected chi connectivity index (χ3v) is 5.83. The van der Waals surface area contributed by atoms with E-state index in [0.717, 1.165) is 43.3 Å². The third kappa shape index (κ3) is 4.59. The van der Waals surface area contributed by atoms with Gasteiger partial charge in [-0.15, -0.1) is 0 Å². The summed E-state index contributed by atoms with van der Waals surface area (Å²) in [6.07, 6.45) is 1.58. The van der Waals surface area contributed by atoms with Gasteiger partial charge in [-0.3, -0.25) is 0 Å². The molecule has 0 bridgehead atoms. The first-order valence-corrected chi connectivity index (χ1v) is 10.7. The van der Waals surface area contributed by atoms with Gasteiger partial charge < -0.3 is 20.3 Å². The van der Waals surface area contributed by atoms with Crippen molar-refractivity contribution in [3.63, 3.8) is 0 Å². The second-order valence-corrected chi connectivity index (χ2v) is 8.00. The van der Waals surface area contributed by atoms with Crippen LogP contribution in [0.4, 0.5) is 11.4 Å². The molecule has 8 nitrogen and oxygen atoms in total. The van der Waals surface area contributed by atoms with Gasteiger partial charge >= 0.3 is 5.69 Å². The monoisotopic (exact) mass is 422 g/mol. The largest absolute Gasteiger partial charge is 0.497 e. The molecule has 1 fully saturated rings. The minimum Gasteiger partial charge on any atom is -0.497 e. The van der Waals surface area contributed by atoms with Crippen molar-refractivity contribution in [1.82, 2.24) is 14.3 Å². The first-order chi connectivity index (χ1) is 15.1. The van der Waals surface area contributed by atoms with Crippen LogP contribution in [0.1, 0.15) is 6.92 Å². The molecule has 8 heteroatoms. The summed E-state index contributed by atoms with van der Waals surface area (Å²) in [5.74, 6) is 1.08. The lowest BCUT2D eigenvalue weighted by Crippen LogP contribution is -2.46. The predicted molar refractivity (Wildman–Crippen MR) is 123 cm³/mol. The number of benzene rings is 2. The molecule has 4 rings (SSSR count). The number of rotatable bonds is 7. The number of nitrogens with two attached hydrogens (primary N) is 1.